The number of piperazine rings is 1. The largest absolute Gasteiger partial charge is 0.497 e. The Morgan fingerprint density at radius 3 is 2.31 bits per heavy atom. The lowest BCUT2D eigenvalue weighted by molar-refractivity contribution is -0.133. The predicted octanol–water partition coefficient (Wildman–Crippen LogP) is 2.82. The van der Waals surface area contributed by atoms with Crippen LogP contribution < -0.4 is 9.47 Å². The van der Waals surface area contributed by atoms with Crippen LogP contribution in [0, 0.1) is 0 Å². The quantitative estimate of drug-likeness (QED) is 0.476. The van der Waals surface area contributed by atoms with Crippen LogP contribution in [0.4, 0.5) is 0 Å². The van der Waals surface area contributed by atoms with E-state index in [1.165, 1.54) is 4.31 Å². The Morgan fingerprint density at radius 2 is 1.63 bits per heavy atom. The topological polar surface area (TPSA) is 79.4 Å². The van der Waals surface area contributed by atoms with Crippen LogP contribution in [0.2, 0.25) is 0 Å². The maximum atomic E-state index is 13.2. The zero-order chi connectivity index (χ0) is 25.0. The molecule has 0 aliphatic carbocycles. The summed E-state index contributed by atoms with van der Waals surface area (Å²) in [4.78, 5) is 16.8. The summed E-state index contributed by atoms with van der Waals surface area (Å²) < 4.78 is 38.5. The van der Waals surface area contributed by atoms with E-state index in [1.807, 2.05) is 60.5 Å². The number of carbonyl (C=O) groups is 1. The molecule has 8 nitrogen and oxygen atoms in total. The Balaban J connectivity index is 1.34. The monoisotopic (exact) mass is 497 g/mol. The number of carbonyl (C=O) groups excluding carboxylic acids is 1. The van der Waals surface area contributed by atoms with E-state index >= 15 is 0 Å². The van der Waals surface area contributed by atoms with Crippen molar-refractivity contribution in [3.05, 3.63) is 66.2 Å². The molecule has 1 aliphatic heterocycles. The number of sulfonamides is 1. The van der Waals surface area contributed by atoms with Crippen LogP contribution in [-0.2, 0) is 21.4 Å². The minimum Gasteiger partial charge on any atom is -0.497 e. The van der Waals surface area contributed by atoms with Crippen molar-refractivity contribution in [1.29, 1.82) is 0 Å². The van der Waals surface area contributed by atoms with Gasteiger partial charge >= 0.3 is 0 Å². The minimum atomic E-state index is -3.62. The van der Waals surface area contributed by atoms with E-state index in [2.05, 4.69) is 0 Å². The summed E-state index contributed by atoms with van der Waals surface area (Å²) in [5.41, 5.74) is 0.954. The third kappa shape index (κ3) is 5.58. The standard InChI is InChI=1S/C26H31N3O5S/c1-27(18-22-8-10-23(33-2)17-25(22)34-3)19-26(30)28-12-14-29(15-13-28)35(31,32)24-11-9-20-6-4-5-7-21(20)16-24/h4-11,16-17H,12-15,18-19H2,1-3H3. The molecule has 186 valence electrons. The molecule has 0 spiro atoms. The lowest BCUT2D eigenvalue weighted by Crippen LogP contribution is -2.52. The van der Waals surface area contributed by atoms with E-state index in [-0.39, 0.29) is 30.4 Å². The summed E-state index contributed by atoms with van der Waals surface area (Å²) in [5.74, 6) is 1.39. The van der Waals surface area contributed by atoms with Crippen molar-refractivity contribution < 1.29 is 22.7 Å². The van der Waals surface area contributed by atoms with Crippen molar-refractivity contribution in [3.8, 4) is 11.5 Å². The van der Waals surface area contributed by atoms with Gasteiger partial charge in [0.1, 0.15) is 11.5 Å². The lowest BCUT2D eigenvalue weighted by atomic mass is 10.1. The van der Waals surface area contributed by atoms with Crippen LogP contribution in [0.15, 0.2) is 65.6 Å². The van der Waals surface area contributed by atoms with Crippen molar-refractivity contribution in [3.63, 3.8) is 0 Å². The zero-order valence-electron chi connectivity index (χ0n) is 20.3. The van der Waals surface area contributed by atoms with Gasteiger partial charge < -0.3 is 14.4 Å². The number of fused-ring (bicyclic) bond motifs is 1. The highest BCUT2D eigenvalue weighted by Crippen LogP contribution is 2.26. The number of benzene rings is 3. The highest BCUT2D eigenvalue weighted by molar-refractivity contribution is 7.89. The molecule has 35 heavy (non-hydrogen) atoms. The molecule has 3 aromatic carbocycles. The molecule has 1 amide bonds. The molecule has 0 N–H and O–H groups in total. The second-order valence-corrected chi connectivity index (χ2v) is 10.6. The fourth-order valence-corrected chi connectivity index (χ4v) is 5.77. The molecule has 1 heterocycles. The molecule has 4 rings (SSSR count). The minimum absolute atomic E-state index is 0.0252. The first-order chi connectivity index (χ1) is 16.8. The van der Waals surface area contributed by atoms with Gasteiger partial charge in [0.15, 0.2) is 0 Å². The average molecular weight is 498 g/mol. The summed E-state index contributed by atoms with van der Waals surface area (Å²) in [6.07, 6.45) is 0. The van der Waals surface area contributed by atoms with Gasteiger partial charge in [-0.05, 0) is 36.0 Å². The van der Waals surface area contributed by atoms with E-state index in [0.717, 1.165) is 16.3 Å². The maximum absolute atomic E-state index is 13.2. The molecule has 1 saturated heterocycles. The predicted molar refractivity (Wildman–Crippen MR) is 135 cm³/mol. The number of nitrogens with zero attached hydrogens (tertiary/aromatic N) is 3. The van der Waals surface area contributed by atoms with Crippen molar-refractivity contribution in [2.75, 3.05) is 54.0 Å². The number of hydrogen-bond acceptors (Lipinski definition) is 6. The molecule has 0 radical (unpaired) electrons. The summed E-state index contributed by atoms with van der Waals surface area (Å²) in [5, 5.41) is 1.89. The van der Waals surface area contributed by atoms with Gasteiger partial charge in [0.2, 0.25) is 15.9 Å². The smallest absolute Gasteiger partial charge is 0.243 e. The number of amides is 1. The number of hydrogen-bond donors (Lipinski definition) is 0. The highest BCUT2D eigenvalue weighted by Gasteiger charge is 2.30. The Labute approximate surface area is 206 Å². The molecule has 0 unspecified atom stereocenters. The van der Waals surface area contributed by atoms with Crippen LogP contribution in [0.5, 0.6) is 11.5 Å². The number of rotatable bonds is 8. The van der Waals surface area contributed by atoms with E-state index in [9.17, 15) is 13.2 Å². The van der Waals surface area contributed by atoms with Gasteiger partial charge in [0, 0.05) is 44.4 Å². The molecule has 9 heteroatoms. The van der Waals surface area contributed by atoms with Crippen LogP contribution in [0.25, 0.3) is 10.8 Å². The SMILES string of the molecule is COc1ccc(CN(C)CC(=O)N2CCN(S(=O)(=O)c3ccc4ccccc4c3)CC2)c(OC)c1. The fourth-order valence-electron chi connectivity index (χ4n) is 4.31. The van der Waals surface area contributed by atoms with Gasteiger partial charge in [-0.3, -0.25) is 9.69 Å². The Kier molecular flexibility index (Phi) is 7.59. The van der Waals surface area contributed by atoms with Gasteiger partial charge in [-0.25, -0.2) is 8.42 Å². The number of methoxy groups -OCH3 is 2. The van der Waals surface area contributed by atoms with Crippen LogP contribution in [-0.4, -0.2) is 82.4 Å². The first-order valence-corrected chi connectivity index (χ1v) is 12.9. The molecular formula is C26H31N3O5S. The van der Waals surface area contributed by atoms with E-state index < -0.39 is 10.0 Å². The van der Waals surface area contributed by atoms with Gasteiger partial charge in [0.25, 0.3) is 0 Å². The van der Waals surface area contributed by atoms with Gasteiger partial charge in [0.05, 0.1) is 25.7 Å². The Hall–Kier alpha value is -3.14. The molecule has 1 fully saturated rings. The molecule has 0 bridgehead atoms. The van der Waals surface area contributed by atoms with E-state index in [4.69, 9.17) is 9.47 Å². The zero-order valence-corrected chi connectivity index (χ0v) is 21.1. The van der Waals surface area contributed by atoms with Crippen molar-refractivity contribution in [1.82, 2.24) is 14.1 Å². The molecule has 3 aromatic rings. The van der Waals surface area contributed by atoms with Crippen molar-refractivity contribution in [2.45, 2.75) is 11.4 Å². The van der Waals surface area contributed by atoms with Crippen LogP contribution in [0.3, 0.4) is 0 Å². The second kappa shape index (κ2) is 10.6. The van der Waals surface area contributed by atoms with Gasteiger partial charge in [-0.2, -0.15) is 4.31 Å². The van der Waals surface area contributed by atoms with Crippen molar-refractivity contribution in [2.24, 2.45) is 0 Å². The van der Waals surface area contributed by atoms with E-state index in [1.54, 1.807) is 31.3 Å². The third-order valence-electron chi connectivity index (χ3n) is 6.29. The van der Waals surface area contributed by atoms with Crippen molar-refractivity contribution >= 4 is 26.7 Å². The van der Waals surface area contributed by atoms with Crippen LogP contribution >= 0.6 is 0 Å². The van der Waals surface area contributed by atoms with E-state index in [0.29, 0.717) is 31.1 Å². The third-order valence-corrected chi connectivity index (χ3v) is 8.18. The second-order valence-electron chi connectivity index (χ2n) is 8.64. The van der Waals surface area contributed by atoms with Crippen LogP contribution in [0.1, 0.15) is 5.56 Å². The Morgan fingerprint density at radius 1 is 0.914 bits per heavy atom. The summed E-state index contributed by atoms with van der Waals surface area (Å²) in [7, 11) is 1.47. The molecule has 0 aromatic heterocycles. The van der Waals surface area contributed by atoms with Gasteiger partial charge in [-0.15, -0.1) is 0 Å². The summed E-state index contributed by atoms with van der Waals surface area (Å²) in [6, 6.07) is 18.5. The van der Waals surface area contributed by atoms with Gasteiger partial charge in [-0.1, -0.05) is 36.4 Å². The first kappa shape index (κ1) is 25.0. The Bertz CT molecular complexity index is 1300. The normalized spacial score (nSPS) is 14.9. The number of likely N-dealkylation sites (N-methyl/N-ethyl adjacent to an activating group) is 1. The molecule has 1 aliphatic rings. The average Bonchev–Trinajstić information content (AvgIpc) is 2.88. The fraction of sp³-hybridized carbons (Fsp3) is 0.346. The summed E-state index contributed by atoms with van der Waals surface area (Å²) >= 11 is 0. The first-order valence-electron chi connectivity index (χ1n) is 11.5. The maximum Gasteiger partial charge on any atom is 0.243 e. The highest BCUT2D eigenvalue weighted by atomic mass is 32.2. The summed E-state index contributed by atoms with van der Waals surface area (Å²) in [6.45, 7) is 2.05. The molecule has 0 saturated carbocycles. The molecular weight excluding hydrogens is 466 g/mol. The number of ether oxygens (including phenoxy) is 2. The lowest BCUT2D eigenvalue weighted by Gasteiger charge is -2.35. The molecule has 0 atom stereocenters.